The third-order valence-electron chi connectivity index (χ3n) is 3.65. The van der Waals surface area contributed by atoms with E-state index in [0.29, 0.717) is 5.56 Å². The summed E-state index contributed by atoms with van der Waals surface area (Å²) in [4.78, 5) is 0. The lowest BCUT2D eigenvalue weighted by atomic mass is 10.1. The minimum absolute atomic E-state index is 0.0619. The Kier molecular flexibility index (Phi) is 4.26. The molecule has 118 valence electrons. The van der Waals surface area contributed by atoms with Gasteiger partial charge in [-0.3, -0.25) is 4.68 Å². The quantitative estimate of drug-likeness (QED) is 0.560. The summed E-state index contributed by atoms with van der Waals surface area (Å²) < 4.78 is 42.3. The van der Waals surface area contributed by atoms with Gasteiger partial charge in [-0.25, -0.2) is 13.2 Å². The Morgan fingerprint density at radius 1 is 1.04 bits per heavy atom. The first-order chi connectivity index (χ1) is 11.0. The van der Waals surface area contributed by atoms with E-state index in [-0.39, 0.29) is 21.9 Å². The summed E-state index contributed by atoms with van der Waals surface area (Å²) in [5.74, 6) is -1.39. The second-order valence-electron chi connectivity index (χ2n) is 5.19. The summed E-state index contributed by atoms with van der Waals surface area (Å²) in [5, 5.41) is 4.21. The smallest absolute Gasteiger partial charge is 0.145 e. The molecular formula is C17H12BrF3N2. The van der Waals surface area contributed by atoms with Crippen LogP contribution in [0.4, 0.5) is 13.2 Å². The summed E-state index contributed by atoms with van der Waals surface area (Å²) in [5.41, 5.74) is 1.47. The number of benzene rings is 2. The maximum Gasteiger partial charge on any atom is 0.145 e. The molecule has 0 saturated carbocycles. The first-order valence-electron chi connectivity index (χ1n) is 6.90. The zero-order valence-corrected chi connectivity index (χ0v) is 13.7. The number of nitrogens with zero attached hydrogens (tertiary/aromatic N) is 2. The molecule has 0 N–H and O–H groups in total. The first-order valence-corrected chi connectivity index (χ1v) is 7.69. The van der Waals surface area contributed by atoms with Crippen molar-refractivity contribution < 1.29 is 13.2 Å². The summed E-state index contributed by atoms with van der Waals surface area (Å²) in [6.07, 6.45) is 3.11. The van der Waals surface area contributed by atoms with E-state index in [0.717, 1.165) is 17.7 Å². The van der Waals surface area contributed by atoms with E-state index in [1.165, 1.54) is 18.3 Å². The molecule has 2 aromatic carbocycles. The molecule has 23 heavy (non-hydrogen) atoms. The van der Waals surface area contributed by atoms with Crippen LogP contribution in [0.2, 0.25) is 0 Å². The Bertz CT molecular complexity index is 844. The van der Waals surface area contributed by atoms with Crippen LogP contribution in [0, 0.1) is 17.5 Å². The monoisotopic (exact) mass is 380 g/mol. The maximum absolute atomic E-state index is 14.2. The van der Waals surface area contributed by atoms with Gasteiger partial charge in [0.25, 0.3) is 0 Å². The van der Waals surface area contributed by atoms with Crippen LogP contribution in [-0.2, 0) is 0 Å². The van der Waals surface area contributed by atoms with Crippen LogP contribution in [0.5, 0.6) is 0 Å². The molecule has 3 aromatic rings. The molecule has 0 spiro atoms. The van der Waals surface area contributed by atoms with Crippen molar-refractivity contribution in [3.8, 4) is 11.1 Å². The minimum atomic E-state index is -0.541. The predicted molar refractivity (Wildman–Crippen MR) is 85.5 cm³/mol. The van der Waals surface area contributed by atoms with Crippen LogP contribution in [0.15, 0.2) is 53.3 Å². The van der Waals surface area contributed by atoms with Crippen LogP contribution < -0.4 is 0 Å². The molecule has 0 fully saturated rings. The van der Waals surface area contributed by atoms with Gasteiger partial charge in [0.15, 0.2) is 0 Å². The molecule has 1 unspecified atom stereocenters. The zero-order valence-electron chi connectivity index (χ0n) is 12.1. The van der Waals surface area contributed by atoms with E-state index in [1.54, 1.807) is 23.0 Å². The van der Waals surface area contributed by atoms with E-state index in [4.69, 9.17) is 0 Å². The van der Waals surface area contributed by atoms with Gasteiger partial charge in [0, 0.05) is 17.3 Å². The van der Waals surface area contributed by atoms with Crippen molar-refractivity contribution >= 4 is 15.9 Å². The van der Waals surface area contributed by atoms with Crippen molar-refractivity contribution in [3.05, 3.63) is 76.3 Å². The molecule has 0 aliphatic heterocycles. The highest BCUT2D eigenvalue weighted by Gasteiger charge is 2.15. The standard InChI is InChI=1S/C17H12BrF3N2/c1-10(11-2-4-13(19)5-3-11)23-9-12(8-22-23)15-6-14(20)7-16(18)17(15)21/h2-10H,1H3. The van der Waals surface area contributed by atoms with Crippen LogP contribution in [0.25, 0.3) is 11.1 Å². The Morgan fingerprint density at radius 3 is 2.43 bits per heavy atom. The van der Waals surface area contributed by atoms with E-state index in [2.05, 4.69) is 21.0 Å². The lowest BCUT2D eigenvalue weighted by Crippen LogP contribution is -2.06. The van der Waals surface area contributed by atoms with Crippen LogP contribution >= 0.6 is 15.9 Å². The number of rotatable bonds is 3. The summed E-state index contributed by atoms with van der Waals surface area (Å²) in [6.45, 7) is 1.89. The highest BCUT2D eigenvalue weighted by Crippen LogP contribution is 2.30. The van der Waals surface area contributed by atoms with Crippen molar-refractivity contribution in [1.82, 2.24) is 9.78 Å². The predicted octanol–water partition coefficient (Wildman–Crippen LogP) is 5.34. The SMILES string of the molecule is CC(c1ccc(F)cc1)n1cc(-c2cc(F)cc(Br)c2F)cn1. The van der Waals surface area contributed by atoms with Gasteiger partial charge in [0.2, 0.25) is 0 Å². The van der Waals surface area contributed by atoms with E-state index >= 15 is 0 Å². The fourth-order valence-electron chi connectivity index (χ4n) is 2.35. The average Bonchev–Trinajstić information content (AvgIpc) is 3.00. The third-order valence-corrected chi connectivity index (χ3v) is 4.23. The Labute approximate surface area is 139 Å². The van der Waals surface area contributed by atoms with Crippen molar-refractivity contribution in [2.75, 3.05) is 0 Å². The van der Waals surface area contributed by atoms with Crippen molar-refractivity contribution in [3.63, 3.8) is 0 Å². The van der Waals surface area contributed by atoms with Crippen molar-refractivity contribution in [2.45, 2.75) is 13.0 Å². The second-order valence-corrected chi connectivity index (χ2v) is 6.04. The van der Waals surface area contributed by atoms with Gasteiger partial charge < -0.3 is 0 Å². The first kappa shape index (κ1) is 15.8. The molecule has 0 amide bonds. The van der Waals surface area contributed by atoms with Gasteiger partial charge in [0.1, 0.15) is 17.5 Å². The van der Waals surface area contributed by atoms with E-state index < -0.39 is 11.6 Å². The number of aromatic nitrogens is 2. The average molecular weight is 381 g/mol. The Hall–Kier alpha value is -2.08. The Balaban J connectivity index is 1.96. The summed E-state index contributed by atoms with van der Waals surface area (Å²) >= 11 is 3.00. The van der Waals surface area contributed by atoms with Crippen LogP contribution in [0.3, 0.4) is 0 Å². The molecule has 1 atom stereocenters. The number of hydrogen-bond acceptors (Lipinski definition) is 1. The molecule has 0 radical (unpaired) electrons. The van der Waals surface area contributed by atoms with Gasteiger partial charge in [-0.05, 0) is 52.7 Å². The molecule has 1 heterocycles. The molecule has 1 aromatic heterocycles. The van der Waals surface area contributed by atoms with E-state index in [1.807, 2.05) is 6.92 Å². The number of halogens is 4. The normalized spacial score (nSPS) is 12.4. The molecule has 0 bridgehead atoms. The molecule has 6 heteroatoms. The maximum atomic E-state index is 14.2. The molecule has 3 rings (SSSR count). The zero-order chi connectivity index (χ0) is 16.6. The van der Waals surface area contributed by atoms with Gasteiger partial charge in [-0.15, -0.1) is 0 Å². The van der Waals surface area contributed by atoms with Gasteiger partial charge in [-0.2, -0.15) is 5.10 Å². The fraction of sp³-hybridized carbons (Fsp3) is 0.118. The van der Waals surface area contributed by atoms with Gasteiger partial charge in [0.05, 0.1) is 16.7 Å². The number of hydrogen-bond donors (Lipinski definition) is 0. The molecule has 0 saturated heterocycles. The molecule has 0 aliphatic carbocycles. The third kappa shape index (κ3) is 3.17. The largest absolute Gasteiger partial charge is 0.265 e. The lowest BCUT2D eigenvalue weighted by Gasteiger charge is -2.12. The lowest BCUT2D eigenvalue weighted by molar-refractivity contribution is 0.561. The van der Waals surface area contributed by atoms with E-state index in [9.17, 15) is 13.2 Å². The van der Waals surface area contributed by atoms with Crippen molar-refractivity contribution in [2.24, 2.45) is 0 Å². The van der Waals surface area contributed by atoms with Crippen LogP contribution in [-0.4, -0.2) is 9.78 Å². The summed E-state index contributed by atoms with van der Waals surface area (Å²) in [7, 11) is 0. The molecule has 0 aliphatic rings. The van der Waals surface area contributed by atoms with Gasteiger partial charge in [-0.1, -0.05) is 12.1 Å². The highest BCUT2D eigenvalue weighted by molar-refractivity contribution is 9.10. The topological polar surface area (TPSA) is 17.8 Å². The van der Waals surface area contributed by atoms with Crippen molar-refractivity contribution in [1.29, 1.82) is 0 Å². The molecule has 2 nitrogen and oxygen atoms in total. The Morgan fingerprint density at radius 2 is 1.74 bits per heavy atom. The second kappa shape index (κ2) is 6.20. The minimum Gasteiger partial charge on any atom is -0.265 e. The summed E-state index contributed by atoms with van der Waals surface area (Å²) in [6, 6.07) is 8.12. The van der Waals surface area contributed by atoms with Crippen LogP contribution in [0.1, 0.15) is 18.5 Å². The molecular weight excluding hydrogens is 369 g/mol. The fourth-order valence-corrected chi connectivity index (χ4v) is 2.78. The van der Waals surface area contributed by atoms with Gasteiger partial charge >= 0.3 is 0 Å². The highest BCUT2D eigenvalue weighted by atomic mass is 79.9.